The zero-order valence-corrected chi connectivity index (χ0v) is 18.8. The van der Waals surface area contributed by atoms with Crippen LogP contribution in [0.1, 0.15) is 57.9 Å². The van der Waals surface area contributed by atoms with E-state index in [0.29, 0.717) is 25.0 Å². The zero-order valence-electron chi connectivity index (χ0n) is 18.8. The van der Waals surface area contributed by atoms with E-state index in [9.17, 15) is 9.90 Å². The fourth-order valence-electron chi connectivity index (χ4n) is 3.76. The first-order valence-corrected chi connectivity index (χ1v) is 10.9. The summed E-state index contributed by atoms with van der Waals surface area (Å²) < 4.78 is 23.0. The molecule has 0 aliphatic heterocycles. The molecule has 1 aliphatic rings. The van der Waals surface area contributed by atoms with Crippen LogP contribution >= 0.6 is 0 Å². The molecule has 2 atom stereocenters. The Hall–Kier alpha value is -2.38. The summed E-state index contributed by atoms with van der Waals surface area (Å²) in [5, 5.41) is 9.22. The topological polar surface area (TPSA) is 91.0 Å². The number of rotatable bonds is 10. The van der Waals surface area contributed by atoms with Gasteiger partial charge in [0.25, 0.3) is 0 Å². The molecule has 0 saturated heterocycles. The van der Waals surface area contributed by atoms with Gasteiger partial charge in [-0.1, -0.05) is 13.3 Å². The van der Waals surface area contributed by atoms with Crippen molar-refractivity contribution in [2.24, 2.45) is 5.92 Å². The van der Waals surface area contributed by atoms with Crippen LogP contribution in [0, 0.1) is 5.92 Å². The number of aromatic nitrogens is 1. The van der Waals surface area contributed by atoms with Gasteiger partial charge in [-0.3, -0.25) is 0 Å². The third-order valence-corrected chi connectivity index (χ3v) is 5.82. The molecule has 2 aromatic rings. The van der Waals surface area contributed by atoms with Crippen LogP contribution in [0.15, 0.2) is 28.7 Å². The van der Waals surface area contributed by atoms with Crippen molar-refractivity contribution in [1.29, 1.82) is 0 Å². The number of ether oxygens (including phenoxy) is 3. The monoisotopic (exact) mass is 431 g/mol. The number of hydrogen-bond donors (Lipinski definition) is 1. The van der Waals surface area contributed by atoms with Crippen LogP contribution in [0.5, 0.6) is 5.75 Å². The van der Waals surface area contributed by atoms with Gasteiger partial charge in [-0.05, 0) is 63.3 Å². The third-order valence-electron chi connectivity index (χ3n) is 5.82. The number of carboxylic acid groups (broad SMARTS) is 1. The molecule has 170 valence electrons. The van der Waals surface area contributed by atoms with E-state index in [2.05, 4.69) is 4.98 Å². The highest BCUT2D eigenvalue weighted by Crippen LogP contribution is 2.30. The third kappa shape index (κ3) is 6.08. The molecule has 0 radical (unpaired) electrons. The minimum Gasteiger partial charge on any atom is -0.497 e. The molecule has 1 saturated carbocycles. The van der Waals surface area contributed by atoms with Gasteiger partial charge in [-0.2, -0.15) is 0 Å². The second kappa shape index (κ2) is 10.3. The summed E-state index contributed by atoms with van der Waals surface area (Å²) in [5.74, 6) is 1.57. The summed E-state index contributed by atoms with van der Waals surface area (Å²) in [7, 11) is 1.64. The minimum absolute atomic E-state index is 0.112. The molecule has 31 heavy (non-hydrogen) atoms. The average Bonchev–Trinajstić information content (AvgIpc) is 3.20. The molecular weight excluding hydrogens is 398 g/mol. The predicted molar refractivity (Wildman–Crippen MR) is 116 cm³/mol. The molecular formula is C24H33NO6. The Bertz CT molecular complexity index is 857. The van der Waals surface area contributed by atoms with Crippen LogP contribution < -0.4 is 4.74 Å². The highest BCUT2D eigenvalue weighted by Gasteiger charge is 2.31. The Morgan fingerprint density at radius 2 is 2.00 bits per heavy atom. The maximum Gasteiger partial charge on any atom is 0.335 e. The van der Waals surface area contributed by atoms with Crippen LogP contribution in [0.4, 0.5) is 0 Å². The Balaban J connectivity index is 1.57. The van der Waals surface area contributed by atoms with Crippen molar-refractivity contribution in [2.75, 3.05) is 13.7 Å². The van der Waals surface area contributed by atoms with Crippen LogP contribution in [0.25, 0.3) is 11.5 Å². The number of oxazole rings is 1. The van der Waals surface area contributed by atoms with E-state index in [4.69, 9.17) is 18.6 Å². The fraction of sp³-hybridized carbons (Fsp3) is 0.583. The number of aryl methyl sites for hydroxylation is 1. The lowest BCUT2D eigenvalue weighted by Crippen LogP contribution is -2.37. The van der Waals surface area contributed by atoms with E-state index in [0.717, 1.165) is 54.9 Å². The van der Waals surface area contributed by atoms with E-state index in [1.165, 1.54) is 0 Å². The minimum atomic E-state index is -1.16. The summed E-state index contributed by atoms with van der Waals surface area (Å²) in [6.07, 6.45) is 4.78. The second-order valence-corrected chi connectivity index (χ2v) is 8.56. The van der Waals surface area contributed by atoms with Crippen molar-refractivity contribution in [3.05, 3.63) is 35.7 Å². The van der Waals surface area contributed by atoms with Crippen molar-refractivity contribution in [3.63, 3.8) is 0 Å². The number of aliphatic carboxylic acids is 1. The molecule has 1 aromatic heterocycles. The van der Waals surface area contributed by atoms with E-state index in [1.807, 2.05) is 31.2 Å². The van der Waals surface area contributed by atoms with Gasteiger partial charge in [0.2, 0.25) is 5.89 Å². The second-order valence-electron chi connectivity index (χ2n) is 8.56. The van der Waals surface area contributed by atoms with Crippen molar-refractivity contribution in [2.45, 2.75) is 71.2 Å². The van der Waals surface area contributed by atoms with Crippen molar-refractivity contribution < 1.29 is 28.5 Å². The molecule has 0 spiro atoms. The SMILES string of the molecule is CCc1oc(-c2ccc(OC)cc2)nc1CO[C@H]1CCC[C@@H](COC(C)(C)C(=O)O)C1. The lowest BCUT2D eigenvalue weighted by molar-refractivity contribution is -0.163. The summed E-state index contributed by atoms with van der Waals surface area (Å²) in [4.78, 5) is 15.9. The van der Waals surface area contributed by atoms with Crippen LogP contribution in [-0.2, 0) is 27.3 Å². The Morgan fingerprint density at radius 1 is 1.26 bits per heavy atom. The molecule has 1 heterocycles. The van der Waals surface area contributed by atoms with Gasteiger partial charge < -0.3 is 23.7 Å². The molecule has 1 aliphatic carbocycles. The number of methoxy groups -OCH3 is 1. The molecule has 0 bridgehead atoms. The van der Waals surface area contributed by atoms with Gasteiger partial charge >= 0.3 is 5.97 Å². The quantitative estimate of drug-likeness (QED) is 0.574. The normalized spacial score (nSPS) is 19.4. The summed E-state index contributed by atoms with van der Waals surface area (Å²) in [6.45, 7) is 6.05. The van der Waals surface area contributed by atoms with Crippen LogP contribution in [0.3, 0.4) is 0 Å². The van der Waals surface area contributed by atoms with Crippen LogP contribution in [0.2, 0.25) is 0 Å². The summed E-state index contributed by atoms with van der Waals surface area (Å²) in [5.41, 5.74) is 0.568. The van der Waals surface area contributed by atoms with Crippen molar-refractivity contribution >= 4 is 5.97 Å². The number of hydrogen-bond acceptors (Lipinski definition) is 6. The van der Waals surface area contributed by atoms with Gasteiger partial charge in [0.05, 0.1) is 26.4 Å². The number of benzene rings is 1. The van der Waals surface area contributed by atoms with Crippen molar-refractivity contribution in [1.82, 2.24) is 4.98 Å². The first kappa shape index (κ1) is 23.3. The summed E-state index contributed by atoms with van der Waals surface area (Å²) >= 11 is 0. The summed E-state index contributed by atoms with van der Waals surface area (Å²) in [6, 6.07) is 7.63. The van der Waals surface area contributed by atoms with E-state index >= 15 is 0 Å². The van der Waals surface area contributed by atoms with Crippen LogP contribution in [-0.4, -0.2) is 41.5 Å². The maximum atomic E-state index is 11.2. The molecule has 7 heteroatoms. The van der Waals surface area contributed by atoms with E-state index in [1.54, 1.807) is 21.0 Å². The molecule has 3 rings (SSSR count). The molecule has 0 amide bonds. The number of carbonyl (C=O) groups is 1. The zero-order chi connectivity index (χ0) is 22.4. The first-order valence-electron chi connectivity index (χ1n) is 10.9. The van der Waals surface area contributed by atoms with Gasteiger partial charge in [0, 0.05) is 12.0 Å². The molecule has 7 nitrogen and oxygen atoms in total. The Kier molecular flexibility index (Phi) is 7.73. The highest BCUT2D eigenvalue weighted by atomic mass is 16.5. The molecule has 1 aromatic carbocycles. The maximum absolute atomic E-state index is 11.2. The van der Waals surface area contributed by atoms with Crippen molar-refractivity contribution in [3.8, 4) is 17.2 Å². The lowest BCUT2D eigenvalue weighted by Gasteiger charge is -2.31. The Labute approximate surface area is 183 Å². The van der Waals surface area contributed by atoms with Gasteiger partial charge in [-0.15, -0.1) is 0 Å². The lowest BCUT2D eigenvalue weighted by atomic mass is 9.87. The fourth-order valence-corrected chi connectivity index (χ4v) is 3.76. The predicted octanol–water partition coefficient (Wildman–Crippen LogP) is 4.87. The molecule has 1 fully saturated rings. The van der Waals surface area contributed by atoms with Gasteiger partial charge in [0.1, 0.15) is 17.2 Å². The highest BCUT2D eigenvalue weighted by molar-refractivity contribution is 5.76. The van der Waals surface area contributed by atoms with Gasteiger partial charge in [0.15, 0.2) is 5.60 Å². The number of nitrogens with zero attached hydrogens (tertiary/aromatic N) is 1. The van der Waals surface area contributed by atoms with E-state index in [-0.39, 0.29) is 6.10 Å². The largest absolute Gasteiger partial charge is 0.497 e. The standard InChI is InChI=1S/C24H33NO6/c1-5-21-20(25-22(31-21)17-9-11-18(28-4)12-10-17)15-29-19-8-6-7-16(13-19)14-30-24(2,3)23(26)27/h9-12,16,19H,5-8,13-15H2,1-4H3,(H,26,27)/t16-,19+/m1/s1. The Morgan fingerprint density at radius 3 is 2.65 bits per heavy atom. The average molecular weight is 432 g/mol. The molecule has 0 unspecified atom stereocenters. The molecule has 1 N–H and O–H groups in total. The van der Waals surface area contributed by atoms with E-state index < -0.39 is 11.6 Å². The number of carboxylic acids is 1. The van der Waals surface area contributed by atoms with Gasteiger partial charge in [-0.25, -0.2) is 9.78 Å². The first-order chi connectivity index (χ1) is 14.8. The smallest absolute Gasteiger partial charge is 0.335 e.